The van der Waals surface area contributed by atoms with E-state index in [0.717, 1.165) is 41.7 Å². The molecule has 0 bridgehead atoms. The molecule has 9 heteroatoms. The Bertz CT molecular complexity index is 833. The van der Waals surface area contributed by atoms with Crippen molar-refractivity contribution < 1.29 is 13.9 Å². The molecule has 0 aliphatic carbocycles. The first-order valence-corrected chi connectivity index (χ1v) is 9.75. The van der Waals surface area contributed by atoms with Crippen LogP contribution in [0, 0.1) is 5.82 Å². The smallest absolute Gasteiger partial charge is 0.409 e. The van der Waals surface area contributed by atoms with E-state index in [1.54, 1.807) is 18.0 Å². The van der Waals surface area contributed by atoms with Crippen LogP contribution in [-0.4, -0.2) is 61.3 Å². The molecule has 0 spiro atoms. The first kappa shape index (κ1) is 23.2. The van der Waals surface area contributed by atoms with Crippen LogP contribution in [0.4, 0.5) is 9.18 Å². The molecule has 1 amide bonds. The van der Waals surface area contributed by atoms with E-state index >= 15 is 0 Å². The van der Waals surface area contributed by atoms with Crippen LogP contribution in [0.1, 0.15) is 25.3 Å². The van der Waals surface area contributed by atoms with Gasteiger partial charge in [0.25, 0.3) is 0 Å². The molecule has 2 aromatic rings. The van der Waals surface area contributed by atoms with Crippen LogP contribution in [0.3, 0.4) is 0 Å². The Balaban J connectivity index is 0.00000300. The van der Waals surface area contributed by atoms with Gasteiger partial charge in [-0.3, -0.25) is 4.99 Å². The molecule has 0 radical (unpaired) electrons. The number of likely N-dealkylation sites (tertiary alicyclic amines) is 1. The highest BCUT2D eigenvalue weighted by Crippen LogP contribution is 2.19. The van der Waals surface area contributed by atoms with Gasteiger partial charge in [0.2, 0.25) is 0 Å². The fourth-order valence-corrected chi connectivity index (χ4v) is 3.49. The number of carbonyl (C=O) groups is 1. The summed E-state index contributed by atoms with van der Waals surface area (Å²) in [6.45, 7) is 4.29. The Kier molecular flexibility index (Phi) is 8.99. The number of ether oxygens (including phenoxy) is 1. The maximum Gasteiger partial charge on any atom is 0.409 e. The van der Waals surface area contributed by atoms with Gasteiger partial charge >= 0.3 is 6.09 Å². The summed E-state index contributed by atoms with van der Waals surface area (Å²) >= 11 is 0. The van der Waals surface area contributed by atoms with Gasteiger partial charge in [0.1, 0.15) is 5.82 Å². The zero-order chi connectivity index (χ0) is 19.9. The van der Waals surface area contributed by atoms with Crippen LogP contribution in [-0.2, 0) is 11.2 Å². The fraction of sp³-hybridized carbons (Fsp3) is 0.500. The van der Waals surface area contributed by atoms with Gasteiger partial charge in [0, 0.05) is 49.8 Å². The summed E-state index contributed by atoms with van der Waals surface area (Å²) in [6.07, 6.45) is 4.20. The number of halogens is 2. The van der Waals surface area contributed by atoms with Gasteiger partial charge < -0.3 is 25.3 Å². The van der Waals surface area contributed by atoms with Crippen molar-refractivity contribution in [3.05, 3.63) is 35.8 Å². The Hall–Kier alpha value is -2.04. The fourth-order valence-electron chi connectivity index (χ4n) is 3.49. The van der Waals surface area contributed by atoms with E-state index in [2.05, 4.69) is 20.6 Å². The number of benzene rings is 1. The van der Waals surface area contributed by atoms with Crippen LogP contribution < -0.4 is 10.6 Å². The first-order valence-electron chi connectivity index (χ1n) is 9.75. The van der Waals surface area contributed by atoms with E-state index in [1.807, 2.05) is 13.1 Å². The van der Waals surface area contributed by atoms with Crippen molar-refractivity contribution in [3.63, 3.8) is 0 Å². The molecule has 0 saturated carbocycles. The van der Waals surface area contributed by atoms with Crippen molar-refractivity contribution in [1.29, 1.82) is 0 Å². The minimum Gasteiger partial charge on any atom is -0.450 e. The molecule has 2 heterocycles. The number of guanidine groups is 1. The van der Waals surface area contributed by atoms with Crippen molar-refractivity contribution in [2.75, 3.05) is 33.3 Å². The van der Waals surface area contributed by atoms with E-state index in [-0.39, 0.29) is 41.9 Å². The number of piperidine rings is 1. The highest BCUT2D eigenvalue weighted by atomic mass is 127. The molecule has 160 valence electrons. The number of aromatic amines is 1. The number of hydrogen-bond donors (Lipinski definition) is 3. The van der Waals surface area contributed by atoms with E-state index in [4.69, 9.17) is 4.74 Å². The SMILES string of the molecule is CCOC(=O)N1CCC(NC(=NC)NCCc2c[nH]c3cc(F)ccc23)CC1.I. The predicted octanol–water partition coefficient (Wildman–Crippen LogP) is 3.25. The number of aliphatic imine (C=N–C) groups is 1. The molecule has 7 nitrogen and oxygen atoms in total. The normalized spacial score (nSPS) is 15.1. The molecule has 3 N–H and O–H groups in total. The molecule has 0 unspecified atom stereocenters. The summed E-state index contributed by atoms with van der Waals surface area (Å²) in [7, 11) is 1.75. The van der Waals surface area contributed by atoms with Gasteiger partial charge in [-0.05, 0) is 49.9 Å². The van der Waals surface area contributed by atoms with Crippen LogP contribution in [0.15, 0.2) is 29.4 Å². The topological polar surface area (TPSA) is 81.8 Å². The lowest BCUT2D eigenvalue weighted by atomic mass is 10.1. The molecule has 29 heavy (non-hydrogen) atoms. The van der Waals surface area contributed by atoms with Gasteiger partial charge in [-0.15, -0.1) is 24.0 Å². The molecule has 0 atom stereocenters. The van der Waals surface area contributed by atoms with E-state index in [0.29, 0.717) is 26.2 Å². The summed E-state index contributed by atoms with van der Waals surface area (Å²) in [5.74, 6) is 0.512. The van der Waals surface area contributed by atoms with Crippen molar-refractivity contribution in [3.8, 4) is 0 Å². The standard InChI is InChI=1S/C20H28FN5O2.HI/c1-3-28-20(27)26-10-7-16(8-11-26)25-19(22-2)23-9-6-14-13-24-18-12-15(21)4-5-17(14)18;/h4-5,12-13,16,24H,3,6-11H2,1-2H3,(H2,22,23,25);1H. The van der Waals surface area contributed by atoms with Crippen LogP contribution >= 0.6 is 24.0 Å². The Labute approximate surface area is 187 Å². The number of fused-ring (bicyclic) bond motifs is 1. The second kappa shape index (κ2) is 11.2. The van der Waals surface area contributed by atoms with Crippen molar-refractivity contribution in [2.45, 2.75) is 32.2 Å². The molecule has 3 rings (SSSR count). The number of rotatable bonds is 5. The van der Waals surface area contributed by atoms with E-state index < -0.39 is 0 Å². The Morgan fingerprint density at radius 2 is 2.14 bits per heavy atom. The highest BCUT2D eigenvalue weighted by molar-refractivity contribution is 14.0. The average molecular weight is 517 g/mol. The average Bonchev–Trinajstić information content (AvgIpc) is 3.09. The van der Waals surface area contributed by atoms with Crippen molar-refractivity contribution >= 4 is 46.9 Å². The lowest BCUT2D eigenvalue weighted by molar-refractivity contribution is 0.0963. The molecular formula is C20H29FIN5O2. The summed E-state index contributed by atoms with van der Waals surface area (Å²) in [5, 5.41) is 7.79. The third kappa shape index (κ3) is 6.22. The quantitative estimate of drug-likeness (QED) is 0.323. The second-order valence-corrected chi connectivity index (χ2v) is 6.86. The number of H-pyrrole nitrogens is 1. The van der Waals surface area contributed by atoms with Gasteiger partial charge in [-0.25, -0.2) is 9.18 Å². The molecule has 1 aliphatic heterocycles. The van der Waals surface area contributed by atoms with E-state index in [1.165, 1.54) is 12.1 Å². The van der Waals surface area contributed by atoms with Crippen LogP contribution in [0.5, 0.6) is 0 Å². The number of amides is 1. The third-order valence-electron chi connectivity index (χ3n) is 5.00. The van der Waals surface area contributed by atoms with Gasteiger partial charge in [0.15, 0.2) is 5.96 Å². The van der Waals surface area contributed by atoms with Crippen LogP contribution in [0.25, 0.3) is 10.9 Å². The van der Waals surface area contributed by atoms with Gasteiger partial charge in [-0.2, -0.15) is 0 Å². The lowest BCUT2D eigenvalue weighted by Crippen LogP contribution is -2.50. The molecule has 1 aliphatic rings. The molecule has 1 saturated heterocycles. The number of carbonyl (C=O) groups excluding carboxylic acids is 1. The number of nitrogens with zero attached hydrogens (tertiary/aromatic N) is 2. The maximum absolute atomic E-state index is 13.3. The Morgan fingerprint density at radius 3 is 2.83 bits per heavy atom. The molecule has 1 aromatic carbocycles. The molecule has 1 fully saturated rings. The largest absolute Gasteiger partial charge is 0.450 e. The summed E-state index contributed by atoms with van der Waals surface area (Å²) in [4.78, 5) is 20.9. The zero-order valence-electron chi connectivity index (χ0n) is 16.8. The molecule has 1 aromatic heterocycles. The van der Waals surface area contributed by atoms with Gasteiger partial charge in [0.05, 0.1) is 6.61 Å². The number of aromatic nitrogens is 1. The summed E-state index contributed by atoms with van der Waals surface area (Å²) < 4.78 is 18.3. The second-order valence-electron chi connectivity index (χ2n) is 6.86. The maximum atomic E-state index is 13.3. The Morgan fingerprint density at radius 1 is 1.38 bits per heavy atom. The zero-order valence-corrected chi connectivity index (χ0v) is 19.2. The first-order chi connectivity index (χ1) is 13.6. The number of hydrogen-bond acceptors (Lipinski definition) is 3. The van der Waals surface area contributed by atoms with Crippen molar-refractivity contribution in [2.24, 2.45) is 4.99 Å². The highest BCUT2D eigenvalue weighted by Gasteiger charge is 2.24. The third-order valence-corrected chi connectivity index (χ3v) is 5.00. The minimum atomic E-state index is -0.238. The number of nitrogens with one attached hydrogen (secondary N) is 3. The monoisotopic (exact) mass is 517 g/mol. The van der Waals surface area contributed by atoms with Crippen molar-refractivity contribution in [1.82, 2.24) is 20.5 Å². The van der Waals surface area contributed by atoms with Gasteiger partial charge in [-0.1, -0.05) is 0 Å². The summed E-state index contributed by atoms with van der Waals surface area (Å²) in [5.41, 5.74) is 1.95. The summed E-state index contributed by atoms with van der Waals surface area (Å²) in [6, 6.07) is 5.07. The predicted molar refractivity (Wildman–Crippen MR) is 123 cm³/mol. The lowest BCUT2D eigenvalue weighted by Gasteiger charge is -2.32. The van der Waals surface area contributed by atoms with E-state index in [9.17, 15) is 9.18 Å². The molecular weight excluding hydrogens is 488 g/mol. The minimum absolute atomic E-state index is 0. The van der Waals surface area contributed by atoms with Crippen LogP contribution in [0.2, 0.25) is 0 Å².